The Bertz CT molecular complexity index is 765. The summed E-state index contributed by atoms with van der Waals surface area (Å²) in [6.07, 6.45) is 1.94. The van der Waals surface area contributed by atoms with Crippen LogP contribution in [-0.4, -0.2) is 42.9 Å². The van der Waals surface area contributed by atoms with E-state index >= 15 is 0 Å². The van der Waals surface area contributed by atoms with Crippen LogP contribution in [0.15, 0.2) is 47.4 Å². The first-order valence-corrected chi connectivity index (χ1v) is 10.3. The van der Waals surface area contributed by atoms with Gasteiger partial charge in [-0.15, -0.1) is 11.8 Å². The first kappa shape index (κ1) is 19.6. The third kappa shape index (κ3) is 5.19. The Morgan fingerprint density at radius 3 is 2.44 bits per heavy atom. The molecule has 1 amide bonds. The number of hydrogen-bond donors (Lipinski definition) is 0. The van der Waals surface area contributed by atoms with Crippen molar-refractivity contribution < 1.29 is 14.3 Å². The van der Waals surface area contributed by atoms with Crippen LogP contribution in [0.25, 0.3) is 0 Å². The number of para-hydroxylation sites is 1. The number of nitrogens with zero attached hydrogens (tertiary/aromatic N) is 1. The molecule has 144 valence electrons. The molecule has 0 saturated carbocycles. The summed E-state index contributed by atoms with van der Waals surface area (Å²) in [5, 5.41) is 0. The fourth-order valence-electron chi connectivity index (χ4n) is 3.30. The van der Waals surface area contributed by atoms with Gasteiger partial charge < -0.3 is 14.4 Å². The van der Waals surface area contributed by atoms with Crippen molar-refractivity contribution in [3.63, 3.8) is 0 Å². The van der Waals surface area contributed by atoms with E-state index in [1.54, 1.807) is 18.9 Å². The average Bonchev–Trinajstić information content (AvgIpc) is 2.69. The number of methoxy groups -OCH3 is 1. The van der Waals surface area contributed by atoms with Crippen LogP contribution in [0.2, 0.25) is 0 Å². The molecule has 0 unspecified atom stereocenters. The molecule has 0 radical (unpaired) electrons. The molecule has 0 N–H and O–H groups in total. The van der Waals surface area contributed by atoms with Gasteiger partial charge in [0.25, 0.3) is 0 Å². The van der Waals surface area contributed by atoms with Crippen molar-refractivity contribution in [1.29, 1.82) is 0 Å². The van der Waals surface area contributed by atoms with Crippen molar-refractivity contribution in [2.45, 2.75) is 37.7 Å². The van der Waals surface area contributed by atoms with Gasteiger partial charge in [0.15, 0.2) is 0 Å². The molecule has 0 atom stereocenters. The van der Waals surface area contributed by atoms with Gasteiger partial charge in [0.05, 0.1) is 12.9 Å². The van der Waals surface area contributed by atoms with Gasteiger partial charge in [-0.3, -0.25) is 4.79 Å². The highest BCUT2D eigenvalue weighted by atomic mass is 32.2. The lowest BCUT2D eigenvalue weighted by molar-refractivity contribution is -0.130. The predicted molar refractivity (Wildman–Crippen MR) is 110 cm³/mol. The van der Waals surface area contributed by atoms with E-state index < -0.39 is 0 Å². The smallest absolute Gasteiger partial charge is 0.232 e. The third-order valence-corrected chi connectivity index (χ3v) is 5.87. The highest BCUT2D eigenvalue weighted by molar-refractivity contribution is 8.00. The molecule has 0 aliphatic carbocycles. The van der Waals surface area contributed by atoms with Gasteiger partial charge in [-0.05, 0) is 43.2 Å². The largest absolute Gasteiger partial charge is 0.497 e. The van der Waals surface area contributed by atoms with Crippen LogP contribution in [-0.2, 0) is 4.79 Å². The van der Waals surface area contributed by atoms with Crippen LogP contribution < -0.4 is 9.47 Å². The molecule has 4 nitrogen and oxygen atoms in total. The number of piperidine rings is 1. The van der Waals surface area contributed by atoms with E-state index in [1.165, 1.54) is 11.1 Å². The maximum Gasteiger partial charge on any atom is 0.232 e. The fourth-order valence-corrected chi connectivity index (χ4v) is 4.15. The molecule has 1 aliphatic heterocycles. The maximum atomic E-state index is 12.5. The summed E-state index contributed by atoms with van der Waals surface area (Å²) in [7, 11) is 1.65. The van der Waals surface area contributed by atoms with E-state index in [0.717, 1.165) is 42.3 Å². The Hall–Kier alpha value is -2.14. The Labute approximate surface area is 165 Å². The normalized spacial score (nSPS) is 14.9. The third-order valence-electron chi connectivity index (χ3n) is 4.89. The lowest BCUT2D eigenvalue weighted by Gasteiger charge is -2.32. The van der Waals surface area contributed by atoms with Crippen LogP contribution >= 0.6 is 11.8 Å². The van der Waals surface area contributed by atoms with E-state index in [-0.39, 0.29) is 12.0 Å². The average molecular weight is 386 g/mol. The summed E-state index contributed by atoms with van der Waals surface area (Å²) in [6.45, 7) is 5.67. The number of amides is 1. The molecule has 5 heteroatoms. The summed E-state index contributed by atoms with van der Waals surface area (Å²) < 4.78 is 11.5. The Kier molecular flexibility index (Phi) is 6.67. The molecule has 1 fully saturated rings. The van der Waals surface area contributed by atoms with Gasteiger partial charge in [0.1, 0.15) is 17.6 Å². The zero-order valence-electron chi connectivity index (χ0n) is 16.2. The van der Waals surface area contributed by atoms with Crippen LogP contribution in [0.3, 0.4) is 0 Å². The lowest BCUT2D eigenvalue weighted by atomic mass is 10.1. The quantitative estimate of drug-likeness (QED) is 0.688. The number of hydrogen-bond acceptors (Lipinski definition) is 4. The van der Waals surface area contributed by atoms with Crippen molar-refractivity contribution >= 4 is 17.7 Å². The SMILES string of the molecule is COc1cccc(SCC(=O)N2CCC(Oc3c(C)cccc3C)CC2)c1. The highest BCUT2D eigenvalue weighted by Gasteiger charge is 2.24. The van der Waals surface area contributed by atoms with Crippen LogP contribution in [0.4, 0.5) is 0 Å². The van der Waals surface area contributed by atoms with Crippen molar-refractivity contribution in [1.82, 2.24) is 4.90 Å². The molecule has 1 aliphatic rings. The van der Waals surface area contributed by atoms with E-state index in [4.69, 9.17) is 9.47 Å². The predicted octanol–water partition coefficient (Wildman–Crippen LogP) is 4.47. The summed E-state index contributed by atoms with van der Waals surface area (Å²) in [5.74, 6) is 2.45. The molecule has 27 heavy (non-hydrogen) atoms. The number of carbonyl (C=O) groups is 1. The monoisotopic (exact) mass is 385 g/mol. The number of likely N-dealkylation sites (tertiary alicyclic amines) is 1. The minimum absolute atomic E-state index is 0.180. The molecule has 2 aromatic carbocycles. The zero-order valence-corrected chi connectivity index (χ0v) is 17.1. The van der Waals surface area contributed by atoms with Crippen LogP contribution in [0.5, 0.6) is 11.5 Å². The number of rotatable bonds is 6. The van der Waals surface area contributed by atoms with Crippen molar-refractivity contribution in [3.8, 4) is 11.5 Å². The highest BCUT2D eigenvalue weighted by Crippen LogP contribution is 2.27. The van der Waals surface area contributed by atoms with Gasteiger partial charge in [-0.1, -0.05) is 24.3 Å². The first-order valence-electron chi connectivity index (χ1n) is 9.34. The minimum atomic E-state index is 0.180. The van der Waals surface area contributed by atoms with Gasteiger partial charge in [0, 0.05) is 30.8 Å². The van der Waals surface area contributed by atoms with Crippen molar-refractivity contribution in [2.75, 3.05) is 26.0 Å². The van der Waals surface area contributed by atoms with Gasteiger partial charge in [-0.2, -0.15) is 0 Å². The summed E-state index contributed by atoms with van der Waals surface area (Å²) in [6, 6.07) is 14.0. The molecule has 0 spiro atoms. The molecular weight excluding hydrogens is 358 g/mol. The molecule has 0 aromatic heterocycles. The topological polar surface area (TPSA) is 38.8 Å². The van der Waals surface area contributed by atoms with Gasteiger partial charge >= 0.3 is 0 Å². The van der Waals surface area contributed by atoms with Crippen LogP contribution in [0.1, 0.15) is 24.0 Å². The van der Waals surface area contributed by atoms with Gasteiger partial charge in [0.2, 0.25) is 5.91 Å². The number of carbonyl (C=O) groups excluding carboxylic acids is 1. The van der Waals surface area contributed by atoms with Crippen molar-refractivity contribution in [2.24, 2.45) is 0 Å². The number of aryl methyl sites for hydroxylation is 2. The summed E-state index contributed by atoms with van der Waals surface area (Å²) >= 11 is 1.56. The fraction of sp³-hybridized carbons (Fsp3) is 0.409. The molecule has 1 saturated heterocycles. The summed E-state index contributed by atoms with van der Waals surface area (Å²) in [5.41, 5.74) is 2.34. The molecule has 3 rings (SSSR count). The number of benzene rings is 2. The second kappa shape index (κ2) is 9.18. The zero-order chi connectivity index (χ0) is 19.2. The lowest BCUT2D eigenvalue weighted by Crippen LogP contribution is -2.42. The van der Waals surface area contributed by atoms with Gasteiger partial charge in [-0.25, -0.2) is 0 Å². The number of ether oxygens (including phenoxy) is 2. The maximum absolute atomic E-state index is 12.5. The second-order valence-electron chi connectivity index (χ2n) is 6.89. The van der Waals surface area contributed by atoms with E-state index in [2.05, 4.69) is 32.0 Å². The molecule has 1 heterocycles. The Morgan fingerprint density at radius 2 is 1.78 bits per heavy atom. The van der Waals surface area contributed by atoms with E-state index in [0.29, 0.717) is 5.75 Å². The van der Waals surface area contributed by atoms with Crippen LogP contribution in [0, 0.1) is 13.8 Å². The Morgan fingerprint density at radius 1 is 1.11 bits per heavy atom. The van der Waals surface area contributed by atoms with E-state index in [9.17, 15) is 4.79 Å². The molecular formula is C22H27NO3S. The number of thioether (sulfide) groups is 1. The molecule has 0 bridgehead atoms. The van der Waals surface area contributed by atoms with E-state index in [1.807, 2.05) is 29.2 Å². The Balaban J connectivity index is 1.47. The standard InChI is InChI=1S/C22H27NO3S/c1-16-6-4-7-17(2)22(16)26-18-10-12-23(13-11-18)21(24)15-27-20-9-5-8-19(14-20)25-3/h4-9,14,18H,10-13,15H2,1-3H3. The summed E-state index contributed by atoms with van der Waals surface area (Å²) in [4.78, 5) is 15.5. The second-order valence-corrected chi connectivity index (χ2v) is 7.94. The minimum Gasteiger partial charge on any atom is -0.497 e. The molecule has 2 aromatic rings. The van der Waals surface area contributed by atoms with Crippen molar-refractivity contribution in [3.05, 3.63) is 53.6 Å². The first-order chi connectivity index (χ1) is 13.1.